The van der Waals surface area contributed by atoms with Crippen LogP contribution in [0.25, 0.3) is 0 Å². The minimum absolute atomic E-state index is 0.0943. The van der Waals surface area contributed by atoms with Crippen LogP contribution in [0, 0.1) is 0 Å². The molecule has 0 atom stereocenters. The Morgan fingerprint density at radius 2 is 1.80 bits per heavy atom. The summed E-state index contributed by atoms with van der Waals surface area (Å²) in [7, 11) is 1.62. The van der Waals surface area contributed by atoms with E-state index in [1.807, 2.05) is 24.3 Å². The van der Waals surface area contributed by atoms with E-state index in [0.29, 0.717) is 18.7 Å². The zero-order valence-corrected chi connectivity index (χ0v) is 15.1. The van der Waals surface area contributed by atoms with Crippen molar-refractivity contribution in [2.45, 2.75) is 26.3 Å². The van der Waals surface area contributed by atoms with Gasteiger partial charge in [0.2, 0.25) is 0 Å². The molecule has 6 heteroatoms. The summed E-state index contributed by atoms with van der Waals surface area (Å²) in [6, 6.07) is 9.09. The summed E-state index contributed by atoms with van der Waals surface area (Å²) in [4.78, 5) is 16.3. The maximum atomic E-state index is 12.2. The van der Waals surface area contributed by atoms with Crippen LogP contribution in [0.15, 0.2) is 42.7 Å². The van der Waals surface area contributed by atoms with Crippen LogP contribution in [-0.2, 0) is 0 Å². The summed E-state index contributed by atoms with van der Waals surface area (Å²) in [5, 5.41) is 6.12. The lowest BCUT2D eigenvalue weighted by Gasteiger charge is -2.22. The van der Waals surface area contributed by atoms with E-state index in [1.54, 1.807) is 25.6 Å². The normalized spacial score (nSPS) is 10.9. The van der Waals surface area contributed by atoms with Gasteiger partial charge in [-0.25, -0.2) is 0 Å². The highest BCUT2D eigenvalue weighted by Gasteiger charge is 2.12. The summed E-state index contributed by atoms with van der Waals surface area (Å²) in [5.41, 5.74) is 1.23. The van der Waals surface area contributed by atoms with Crippen molar-refractivity contribution < 1.29 is 14.3 Å². The largest absolute Gasteiger partial charge is 0.497 e. The number of benzene rings is 1. The molecule has 134 valence electrons. The molecule has 0 unspecified atom stereocenters. The van der Waals surface area contributed by atoms with Gasteiger partial charge in [-0.3, -0.25) is 9.78 Å². The molecule has 0 aliphatic rings. The van der Waals surface area contributed by atoms with Crippen LogP contribution in [-0.4, -0.2) is 36.7 Å². The average molecular weight is 343 g/mol. The predicted octanol–water partition coefficient (Wildman–Crippen LogP) is 3.11. The zero-order chi connectivity index (χ0) is 18.3. The number of nitrogens with one attached hydrogen (secondary N) is 2. The van der Waals surface area contributed by atoms with Gasteiger partial charge < -0.3 is 20.1 Å². The maximum Gasteiger partial charge on any atom is 0.253 e. The molecule has 2 N–H and O–H groups in total. The van der Waals surface area contributed by atoms with Gasteiger partial charge in [0.1, 0.15) is 18.1 Å². The third-order valence-corrected chi connectivity index (χ3v) is 3.24. The number of pyridine rings is 1. The maximum absolute atomic E-state index is 12.2. The summed E-state index contributed by atoms with van der Waals surface area (Å²) in [6.45, 7) is 6.94. The van der Waals surface area contributed by atoms with Crippen LogP contribution in [0.4, 0.5) is 5.69 Å². The van der Waals surface area contributed by atoms with E-state index in [0.717, 1.165) is 17.2 Å². The molecule has 25 heavy (non-hydrogen) atoms. The minimum Gasteiger partial charge on any atom is -0.497 e. The summed E-state index contributed by atoms with van der Waals surface area (Å²) >= 11 is 0. The van der Waals surface area contributed by atoms with E-state index in [1.165, 1.54) is 0 Å². The Labute approximate surface area is 148 Å². The molecule has 0 aliphatic heterocycles. The zero-order valence-electron chi connectivity index (χ0n) is 15.1. The number of nitrogens with zero attached hydrogens (tertiary/aromatic N) is 1. The molecule has 0 saturated carbocycles. The third kappa shape index (κ3) is 6.33. The topological polar surface area (TPSA) is 72.5 Å². The van der Waals surface area contributed by atoms with Crippen molar-refractivity contribution in [3.8, 4) is 11.5 Å². The Morgan fingerprint density at radius 3 is 2.44 bits per heavy atom. The fourth-order valence-electron chi connectivity index (χ4n) is 2.17. The second-order valence-corrected chi connectivity index (χ2v) is 6.62. The lowest BCUT2D eigenvalue weighted by molar-refractivity contribution is 0.0946. The first-order valence-corrected chi connectivity index (χ1v) is 8.16. The van der Waals surface area contributed by atoms with Gasteiger partial charge in [-0.2, -0.15) is 0 Å². The van der Waals surface area contributed by atoms with Crippen molar-refractivity contribution in [1.82, 2.24) is 10.3 Å². The predicted molar refractivity (Wildman–Crippen MR) is 98.4 cm³/mol. The van der Waals surface area contributed by atoms with Gasteiger partial charge in [0.15, 0.2) is 0 Å². The lowest BCUT2D eigenvalue weighted by Crippen LogP contribution is -2.29. The van der Waals surface area contributed by atoms with Crippen molar-refractivity contribution in [1.29, 1.82) is 0 Å². The molecule has 0 radical (unpaired) electrons. The van der Waals surface area contributed by atoms with Gasteiger partial charge in [0.05, 0.1) is 24.9 Å². The molecule has 1 heterocycles. The molecule has 2 aromatic rings. The van der Waals surface area contributed by atoms with E-state index < -0.39 is 0 Å². The standard InChI is InChI=1S/C19H25N3O3/c1-19(2,3)22-15-11-14(12-20-13-15)18(23)21-9-10-25-17-7-5-16(24-4)6-8-17/h5-8,11-13,22H,9-10H2,1-4H3,(H,21,23). The number of methoxy groups -OCH3 is 1. The highest BCUT2D eigenvalue weighted by molar-refractivity contribution is 5.94. The Bertz CT molecular complexity index is 694. The molecule has 0 saturated heterocycles. The molecule has 0 fully saturated rings. The molecular formula is C19H25N3O3. The fourth-order valence-corrected chi connectivity index (χ4v) is 2.17. The van der Waals surface area contributed by atoms with Crippen molar-refractivity contribution >= 4 is 11.6 Å². The first kappa shape index (κ1) is 18.6. The quantitative estimate of drug-likeness (QED) is 0.756. The number of anilines is 1. The van der Waals surface area contributed by atoms with E-state index >= 15 is 0 Å². The summed E-state index contributed by atoms with van der Waals surface area (Å²) < 4.78 is 10.7. The van der Waals surface area contributed by atoms with Gasteiger partial charge in [-0.15, -0.1) is 0 Å². The number of hydrogen-bond acceptors (Lipinski definition) is 5. The monoisotopic (exact) mass is 343 g/mol. The van der Waals surface area contributed by atoms with E-state index in [4.69, 9.17) is 9.47 Å². The van der Waals surface area contributed by atoms with Crippen LogP contribution >= 0.6 is 0 Å². The number of hydrogen-bond donors (Lipinski definition) is 2. The van der Waals surface area contributed by atoms with Gasteiger partial charge in [0.25, 0.3) is 5.91 Å². The minimum atomic E-state index is -0.177. The summed E-state index contributed by atoms with van der Waals surface area (Å²) in [5.74, 6) is 1.33. The fraction of sp³-hybridized carbons (Fsp3) is 0.368. The van der Waals surface area contributed by atoms with E-state index in [-0.39, 0.29) is 11.4 Å². The van der Waals surface area contributed by atoms with Crippen molar-refractivity contribution in [3.63, 3.8) is 0 Å². The molecule has 2 rings (SSSR count). The van der Waals surface area contributed by atoms with Crippen molar-refractivity contribution in [2.75, 3.05) is 25.6 Å². The second kappa shape index (κ2) is 8.37. The Hall–Kier alpha value is -2.76. The third-order valence-electron chi connectivity index (χ3n) is 3.24. The van der Waals surface area contributed by atoms with E-state index in [9.17, 15) is 4.79 Å². The van der Waals surface area contributed by atoms with Gasteiger partial charge in [-0.1, -0.05) is 0 Å². The lowest BCUT2D eigenvalue weighted by atomic mass is 10.1. The number of carbonyl (C=O) groups is 1. The Kier molecular flexibility index (Phi) is 6.22. The molecule has 0 aliphatic carbocycles. The first-order valence-electron chi connectivity index (χ1n) is 8.16. The molecule has 1 aromatic carbocycles. The number of ether oxygens (including phenoxy) is 2. The first-order chi connectivity index (χ1) is 11.9. The van der Waals surface area contributed by atoms with Gasteiger partial charge in [-0.05, 0) is 51.1 Å². The molecule has 0 spiro atoms. The number of carbonyl (C=O) groups excluding carboxylic acids is 1. The number of aromatic nitrogens is 1. The van der Waals surface area contributed by atoms with E-state index in [2.05, 4.69) is 36.4 Å². The van der Waals surface area contributed by atoms with Crippen LogP contribution in [0.3, 0.4) is 0 Å². The smallest absolute Gasteiger partial charge is 0.253 e. The highest BCUT2D eigenvalue weighted by Crippen LogP contribution is 2.17. The van der Waals surface area contributed by atoms with Gasteiger partial charge >= 0.3 is 0 Å². The summed E-state index contributed by atoms with van der Waals surface area (Å²) in [6.07, 6.45) is 3.25. The van der Waals surface area contributed by atoms with Crippen LogP contribution < -0.4 is 20.1 Å². The molecular weight excluding hydrogens is 318 g/mol. The Morgan fingerprint density at radius 1 is 1.12 bits per heavy atom. The second-order valence-electron chi connectivity index (χ2n) is 6.62. The van der Waals surface area contributed by atoms with Crippen molar-refractivity contribution in [3.05, 3.63) is 48.3 Å². The van der Waals surface area contributed by atoms with Crippen molar-refractivity contribution in [2.24, 2.45) is 0 Å². The number of amides is 1. The molecule has 6 nitrogen and oxygen atoms in total. The van der Waals surface area contributed by atoms with Gasteiger partial charge in [0, 0.05) is 17.9 Å². The Balaban J connectivity index is 1.80. The highest BCUT2D eigenvalue weighted by atomic mass is 16.5. The van der Waals surface area contributed by atoms with Crippen LogP contribution in [0.5, 0.6) is 11.5 Å². The molecule has 1 amide bonds. The molecule has 0 bridgehead atoms. The van der Waals surface area contributed by atoms with Crippen LogP contribution in [0.2, 0.25) is 0 Å². The molecule has 1 aromatic heterocycles. The SMILES string of the molecule is COc1ccc(OCCNC(=O)c2cncc(NC(C)(C)C)c2)cc1. The average Bonchev–Trinajstić information content (AvgIpc) is 2.58. The number of rotatable bonds is 7. The van der Waals surface area contributed by atoms with Crippen LogP contribution in [0.1, 0.15) is 31.1 Å².